The Bertz CT molecular complexity index is 139. The Morgan fingerprint density at radius 2 is 2.00 bits per heavy atom. The van der Waals surface area contributed by atoms with Crippen molar-refractivity contribution < 1.29 is 20.4 Å². The van der Waals surface area contributed by atoms with Crippen molar-refractivity contribution >= 4 is 9.90 Å². The van der Waals surface area contributed by atoms with E-state index in [2.05, 4.69) is 6.07 Å². The predicted molar refractivity (Wildman–Crippen MR) is 41.1 cm³/mol. The fourth-order valence-corrected chi connectivity index (χ4v) is 0.483. The molecule has 9 heavy (non-hydrogen) atoms. The Labute approximate surface area is 73.3 Å². The fourth-order valence-electron chi connectivity index (χ4n) is 0.483. The minimum Gasteiger partial charge on any atom is -0.181 e. The van der Waals surface area contributed by atoms with Crippen molar-refractivity contribution in [2.75, 3.05) is 0 Å². The molecule has 0 aliphatic rings. The van der Waals surface area contributed by atoms with Gasteiger partial charge in [0.25, 0.3) is 0 Å². The van der Waals surface area contributed by atoms with Gasteiger partial charge in [0.1, 0.15) is 0 Å². The Morgan fingerprint density at radius 1 is 1.33 bits per heavy atom. The first kappa shape index (κ1) is 12.0. The van der Waals surface area contributed by atoms with Gasteiger partial charge in [-0.05, 0) is 0 Å². The summed E-state index contributed by atoms with van der Waals surface area (Å²) in [5.74, 6) is 0. The van der Waals surface area contributed by atoms with Gasteiger partial charge in [0.15, 0.2) is 0 Å². The second kappa shape index (κ2) is 6.43. The van der Waals surface area contributed by atoms with E-state index in [4.69, 9.17) is 0 Å². The molecule has 0 aliphatic heterocycles. The van der Waals surface area contributed by atoms with Gasteiger partial charge in [-0.1, -0.05) is 6.92 Å². The molecule has 0 N–H and O–H groups in total. The van der Waals surface area contributed by atoms with Gasteiger partial charge < -0.3 is 0 Å². The van der Waals surface area contributed by atoms with Crippen LogP contribution in [0.2, 0.25) is 0 Å². The first-order valence-corrected chi connectivity index (χ1v) is 2.33. The smallest absolute Gasteiger partial charge is 0 e. The maximum Gasteiger partial charge on any atom is 0 e. The van der Waals surface area contributed by atoms with Crippen LogP contribution in [0.15, 0.2) is 24.3 Å². The van der Waals surface area contributed by atoms with Crippen molar-refractivity contribution in [3.8, 4) is 0 Å². The Hall–Kier alpha value is 0.312. The van der Waals surface area contributed by atoms with Crippen molar-refractivity contribution in [2.24, 2.45) is 0 Å². The molecule has 54 valence electrons. The van der Waals surface area contributed by atoms with E-state index in [9.17, 15) is 0 Å². The van der Waals surface area contributed by atoms with Gasteiger partial charge >= 0.3 is 0 Å². The van der Waals surface area contributed by atoms with Crippen LogP contribution in [0.1, 0.15) is 5.56 Å². The molecule has 0 spiro atoms. The van der Waals surface area contributed by atoms with Crippen molar-refractivity contribution in [3.05, 3.63) is 35.9 Å². The molecule has 0 aliphatic carbocycles. The number of hydrogen-bond acceptors (Lipinski definition) is 0. The summed E-state index contributed by atoms with van der Waals surface area (Å²) in [5, 5.41) is 0. The Balaban J connectivity index is 0. The summed E-state index contributed by atoms with van der Waals surface area (Å²) >= 11 is 0. The van der Waals surface area contributed by atoms with E-state index in [0.717, 1.165) is 0 Å². The van der Waals surface area contributed by atoms with Gasteiger partial charge in [0, 0.05) is 20.4 Å². The third-order valence-corrected chi connectivity index (χ3v) is 0.865. The normalized spacial score (nSPS) is 6.78. The van der Waals surface area contributed by atoms with Crippen LogP contribution in [0.3, 0.4) is 0 Å². The maximum atomic E-state index is 3.03. The zero-order chi connectivity index (χ0) is 5.11. The summed E-state index contributed by atoms with van der Waals surface area (Å²) in [6.07, 6.45) is 0. The van der Waals surface area contributed by atoms with Crippen LogP contribution in [0, 0.1) is 13.0 Å². The van der Waals surface area contributed by atoms with E-state index in [-0.39, 0.29) is 30.3 Å². The molecule has 0 aromatic heterocycles. The summed E-state index contributed by atoms with van der Waals surface area (Å²) < 4.78 is 0. The third-order valence-electron chi connectivity index (χ3n) is 0.865. The zero-order valence-electron chi connectivity index (χ0n) is 5.33. The van der Waals surface area contributed by atoms with Crippen molar-refractivity contribution in [1.29, 1.82) is 0 Å². The van der Waals surface area contributed by atoms with Gasteiger partial charge in [0.2, 0.25) is 0 Å². The van der Waals surface area contributed by atoms with Crippen molar-refractivity contribution in [3.63, 3.8) is 0 Å². The molecule has 1 atom stereocenters. The van der Waals surface area contributed by atoms with Gasteiger partial charge in [0.05, 0.1) is 0 Å². The van der Waals surface area contributed by atoms with Crippen molar-refractivity contribution in [1.82, 2.24) is 0 Å². The molecule has 0 fully saturated rings. The molecule has 0 saturated carbocycles. The molecule has 1 aromatic carbocycles. The van der Waals surface area contributed by atoms with Crippen LogP contribution in [0.5, 0.6) is 0 Å². The van der Waals surface area contributed by atoms with Crippen LogP contribution in [-0.2, 0) is 20.4 Å². The number of rotatable bonds is 0. The Kier molecular flexibility index (Phi) is 8.60. The number of hydrogen-bond donors (Lipinski definition) is 0. The molecule has 0 heterocycles. The monoisotopic (exact) mass is 231 g/mol. The summed E-state index contributed by atoms with van der Waals surface area (Å²) in [5.41, 5.74) is 1.20. The van der Waals surface area contributed by atoms with E-state index in [1.807, 2.05) is 31.2 Å². The van der Waals surface area contributed by atoms with Crippen molar-refractivity contribution in [2.45, 2.75) is 6.92 Å². The van der Waals surface area contributed by atoms with Gasteiger partial charge in [-0.25, -0.2) is 0 Å². The average molecular weight is 232 g/mol. The van der Waals surface area contributed by atoms with Crippen LogP contribution in [0.25, 0.3) is 0 Å². The Morgan fingerprint density at radius 3 is 2.22 bits per heavy atom. The average Bonchev–Trinajstić information content (AvgIpc) is 1.69. The second-order valence-corrected chi connectivity index (χ2v) is 1.55. The third kappa shape index (κ3) is 4.79. The standard InChI is InChI=1S/C7H7.H3P.Pd/c1-7-5-3-2-4-6-7;;/h2-5H,1H3;1H3;/q-1;;. The largest absolute Gasteiger partial charge is 0.181 e. The van der Waals surface area contributed by atoms with E-state index in [1.165, 1.54) is 5.56 Å². The molecule has 0 bridgehead atoms. The molecule has 1 rings (SSSR count). The zero-order valence-corrected chi connectivity index (χ0v) is 8.30. The van der Waals surface area contributed by atoms with Gasteiger partial charge in [-0.2, -0.15) is 45.8 Å². The molecular weight excluding hydrogens is 221 g/mol. The first-order valence-electron chi connectivity index (χ1n) is 2.33. The van der Waals surface area contributed by atoms with Crippen LogP contribution >= 0.6 is 9.90 Å². The molecule has 0 radical (unpaired) electrons. The van der Waals surface area contributed by atoms with Crippen LogP contribution in [0.4, 0.5) is 0 Å². The number of aryl methyl sites for hydroxylation is 1. The first-order chi connectivity index (χ1) is 3.39. The van der Waals surface area contributed by atoms with E-state index in [1.54, 1.807) is 0 Å². The van der Waals surface area contributed by atoms with E-state index >= 15 is 0 Å². The summed E-state index contributed by atoms with van der Waals surface area (Å²) in [6, 6.07) is 10.9. The topological polar surface area (TPSA) is 0 Å². The molecule has 2 heteroatoms. The maximum absolute atomic E-state index is 3.03. The quantitative estimate of drug-likeness (QED) is 0.363. The molecule has 1 unspecified atom stereocenters. The minimum atomic E-state index is 0. The molecule has 1 aromatic rings. The predicted octanol–water partition coefficient (Wildman–Crippen LogP) is 1.85. The summed E-state index contributed by atoms with van der Waals surface area (Å²) in [7, 11) is 0. The van der Waals surface area contributed by atoms with Gasteiger partial charge in [-0.15, -0.1) is 0 Å². The number of benzene rings is 1. The molecular formula is C7H10PPd-. The summed E-state index contributed by atoms with van der Waals surface area (Å²) in [6.45, 7) is 2.03. The minimum absolute atomic E-state index is 0. The van der Waals surface area contributed by atoms with E-state index in [0.29, 0.717) is 0 Å². The van der Waals surface area contributed by atoms with E-state index < -0.39 is 0 Å². The molecule has 0 saturated heterocycles. The van der Waals surface area contributed by atoms with Crippen LogP contribution in [-0.4, -0.2) is 0 Å². The van der Waals surface area contributed by atoms with Crippen LogP contribution < -0.4 is 0 Å². The molecule has 0 amide bonds. The SMILES string of the molecule is Cc1[c-]cccc1.P.[Pd]. The van der Waals surface area contributed by atoms with Gasteiger partial charge in [-0.3, -0.25) is 0 Å². The second-order valence-electron chi connectivity index (χ2n) is 1.55. The summed E-state index contributed by atoms with van der Waals surface area (Å²) in [4.78, 5) is 0. The molecule has 0 nitrogen and oxygen atoms in total. The fraction of sp³-hybridized carbons (Fsp3) is 0.143.